The smallest absolute Gasteiger partial charge is 0.307 e. The maximum absolute atomic E-state index is 13.0. The molecule has 0 radical (unpaired) electrons. The molecule has 23 heavy (non-hydrogen) atoms. The van der Waals surface area contributed by atoms with E-state index in [4.69, 9.17) is 0 Å². The van der Waals surface area contributed by atoms with E-state index in [-0.39, 0.29) is 22.5 Å². The number of carbonyl (C=O) groups excluding carboxylic acids is 1. The summed E-state index contributed by atoms with van der Waals surface area (Å²) in [6.07, 6.45) is 3.52. The van der Waals surface area contributed by atoms with Crippen molar-refractivity contribution in [2.75, 3.05) is 18.8 Å². The molecule has 122 valence electrons. The number of carboxylic acid groups (broad SMARTS) is 1. The lowest BCUT2D eigenvalue weighted by Gasteiger charge is -2.36. The normalized spacial score (nSPS) is 28.3. The van der Waals surface area contributed by atoms with Gasteiger partial charge in [-0.25, -0.2) is 0 Å². The SMILES string of the molecule is O=C(O)C1CC12CCN(C(=O)C1SCCc3ccccc31)CC2. The van der Waals surface area contributed by atoms with E-state index in [2.05, 4.69) is 12.1 Å². The van der Waals surface area contributed by atoms with Crippen molar-refractivity contribution in [3.05, 3.63) is 35.4 Å². The van der Waals surface area contributed by atoms with Crippen molar-refractivity contribution in [2.45, 2.75) is 30.9 Å². The fourth-order valence-corrected chi connectivity index (χ4v) is 5.46. The molecule has 3 aliphatic rings. The molecule has 2 fully saturated rings. The number of aryl methyl sites for hydroxylation is 1. The van der Waals surface area contributed by atoms with Crippen LogP contribution in [0.1, 0.15) is 35.6 Å². The fourth-order valence-electron chi connectivity index (χ4n) is 4.19. The third-order valence-electron chi connectivity index (χ3n) is 5.78. The largest absolute Gasteiger partial charge is 0.481 e. The number of rotatable bonds is 2. The van der Waals surface area contributed by atoms with Gasteiger partial charge in [-0.2, -0.15) is 0 Å². The molecular formula is C18H21NO3S. The number of carbonyl (C=O) groups is 2. The number of likely N-dealkylation sites (tertiary alicyclic amines) is 1. The summed E-state index contributed by atoms with van der Waals surface area (Å²) in [5.41, 5.74) is 2.45. The molecule has 0 aromatic heterocycles. The molecule has 2 aliphatic heterocycles. The molecule has 1 N–H and O–H groups in total. The molecule has 1 saturated carbocycles. The van der Waals surface area contributed by atoms with Crippen LogP contribution in [0.4, 0.5) is 0 Å². The summed E-state index contributed by atoms with van der Waals surface area (Å²) >= 11 is 1.74. The van der Waals surface area contributed by atoms with E-state index in [9.17, 15) is 14.7 Å². The van der Waals surface area contributed by atoms with Crippen LogP contribution < -0.4 is 0 Å². The summed E-state index contributed by atoms with van der Waals surface area (Å²) in [5.74, 6) is 0.363. The van der Waals surface area contributed by atoms with Crippen molar-refractivity contribution in [1.82, 2.24) is 4.90 Å². The van der Waals surface area contributed by atoms with Gasteiger partial charge in [0.25, 0.3) is 0 Å². The minimum Gasteiger partial charge on any atom is -0.481 e. The second-order valence-electron chi connectivity index (χ2n) is 6.98. The average Bonchev–Trinajstić information content (AvgIpc) is 3.28. The van der Waals surface area contributed by atoms with Gasteiger partial charge in [0.2, 0.25) is 5.91 Å². The molecule has 1 aliphatic carbocycles. The summed E-state index contributed by atoms with van der Waals surface area (Å²) in [4.78, 5) is 26.1. The average molecular weight is 331 g/mol. The molecule has 2 atom stereocenters. The molecule has 1 aromatic carbocycles. The van der Waals surface area contributed by atoms with Crippen molar-refractivity contribution in [3.8, 4) is 0 Å². The fraction of sp³-hybridized carbons (Fsp3) is 0.556. The van der Waals surface area contributed by atoms with Gasteiger partial charge in [0, 0.05) is 13.1 Å². The zero-order valence-corrected chi connectivity index (χ0v) is 13.8. The molecule has 2 unspecified atom stereocenters. The van der Waals surface area contributed by atoms with Gasteiger partial charge >= 0.3 is 5.97 Å². The first kappa shape index (κ1) is 15.1. The van der Waals surface area contributed by atoms with Gasteiger partial charge in [-0.3, -0.25) is 9.59 Å². The molecule has 1 spiro atoms. The van der Waals surface area contributed by atoms with Gasteiger partial charge in [-0.15, -0.1) is 11.8 Å². The number of amides is 1. The summed E-state index contributed by atoms with van der Waals surface area (Å²) in [6.45, 7) is 1.42. The predicted octanol–water partition coefficient (Wildman–Crippen LogP) is 2.73. The van der Waals surface area contributed by atoms with Crippen LogP contribution in [-0.2, 0) is 16.0 Å². The Labute approximate surface area is 140 Å². The van der Waals surface area contributed by atoms with Crippen LogP contribution in [0.15, 0.2) is 24.3 Å². The lowest BCUT2D eigenvalue weighted by Crippen LogP contribution is -2.42. The van der Waals surface area contributed by atoms with E-state index in [1.165, 1.54) is 11.1 Å². The highest BCUT2D eigenvalue weighted by molar-refractivity contribution is 8.00. The number of piperidine rings is 1. The number of hydrogen-bond donors (Lipinski definition) is 1. The van der Waals surface area contributed by atoms with Gasteiger partial charge in [0.15, 0.2) is 0 Å². The zero-order valence-electron chi connectivity index (χ0n) is 13.0. The van der Waals surface area contributed by atoms with E-state index in [1.807, 2.05) is 17.0 Å². The molecule has 1 aromatic rings. The van der Waals surface area contributed by atoms with Crippen LogP contribution in [0, 0.1) is 11.3 Å². The van der Waals surface area contributed by atoms with Crippen molar-refractivity contribution >= 4 is 23.6 Å². The third kappa shape index (κ3) is 2.55. The zero-order chi connectivity index (χ0) is 16.0. The first-order valence-corrected chi connectivity index (χ1v) is 9.37. The topological polar surface area (TPSA) is 57.6 Å². The lowest BCUT2D eigenvalue weighted by molar-refractivity contribution is -0.139. The van der Waals surface area contributed by atoms with Crippen molar-refractivity contribution < 1.29 is 14.7 Å². The molecule has 4 rings (SSSR count). The molecule has 4 nitrogen and oxygen atoms in total. The lowest BCUT2D eigenvalue weighted by atomic mass is 9.90. The van der Waals surface area contributed by atoms with Crippen LogP contribution in [0.5, 0.6) is 0 Å². The van der Waals surface area contributed by atoms with Crippen molar-refractivity contribution in [3.63, 3.8) is 0 Å². The van der Waals surface area contributed by atoms with Gasteiger partial charge in [0.05, 0.1) is 5.92 Å². The van der Waals surface area contributed by atoms with Crippen LogP contribution in [-0.4, -0.2) is 40.7 Å². The standard InChI is InChI=1S/C18H21NO3S/c20-16(15-13-4-2-1-3-12(13)5-10-23-15)19-8-6-18(7-9-19)11-14(18)17(21)22/h1-4,14-15H,5-11H2,(H,21,22). The number of carboxylic acids is 1. The van der Waals surface area contributed by atoms with Gasteiger partial charge in [-0.05, 0) is 48.0 Å². The van der Waals surface area contributed by atoms with Crippen molar-refractivity contribution in [1.29, 1.82) is 0 Å². The second-order valence-corrected chi connectivity index (χ2v) is 8.20. The summed E-state index contributed by atoms with van der Waals surface area (Å²) in [7, 11) is 0. The van der Waals surface area contributed by atoms with E-state index in [0.29, 0.717) is 13.1 Å². The Hall–Kier alpha value is -1.49. The molecule has 0 bridgehead atoms. The highest BCUT2D eigenvalue weighted by Crippen LogP contribution is 2.59. The number of thioether (sulfide) groups is 1. The maximum atomic E-state index is 13.0. The molecule has 1 saturated heterocycles. The molecule has 2 heterocycles. The third-order valence-corrected chi connectivity index (χ3v) is 7.01. The molecular weight excluding hydrogens is 310 g/mol. The van der Waals surface area contributed by atoms with E-state index in [1.54, 1.807) is 11.8 Å². The van der Waals surface area contributed by atoms with E-state index in [0.717, 1.165) is 31.4 Å². The predicted molar refractivity (Wildman–Crippen MR) is 89.3 cm³/mol. The summed E-state index contributed by atoms with van der Waals surface area (Å²) in [5, 5.41) is 9.09. The van der Waals surface area contributed by atoms with E-state index >= 15 is 0 Å². The second kappa shape index (κ2) is 5.55. The molecule has 1 amide bonds. The highest BCUT2D eigenvalue weighted by Gasteiger charge is 2.59. The number of fused-ring (bicyclic) bond motifs is 1. The van der Waals surface area contributed by atoms with Crippen LogP contribution >= 0.6 is 11.8 Å². The number of benzene rings is 1. The van der Waals surface area contributed by atoms with Gasteiger partial charge in [0.1, 0.15) is 5.25 Å². The van der Waals surface area contributed by atoms with Crippen LogP contribution in [0.3, 0.4) is 0 Å². The first-order chi connectivity index (χ1) is 11.1. The quantitative estimate of drug-likeness (QED) is 0.905. The Morgan fingerprint density at radius 3 is 2.65 bits per heavy atom. The number of hydrogen-bond acceptors (Lipinski definition) is 3. The highest BCUT2D eigenvalue weighted by atomic mass is 32.2. The number of nitrogens with zero attached hydrogens (tertiary/aromatic N) is 1. The summed E-state index contributed by atoms with van der Waals surface area (Å²) in [6, 6.07) is 8.26. The van der Waals surface area contributed by atoms with Crippen LogP contribution in [0.2, 0.25) is 0 Å². The Morgan fingerprint density at radius 2 is 1.96 bits per heavy atom. The Bertz CT molecular complexity index is 651. The van der Waals surface area contributed by atoms with Gasteiger partial charge < -0.3 is 10.0 Å². The Morgan fingerprint density at radius 1 is 1.22 bits per heavy atom. The van der Waals surface area contributed by atoms with Crippen molar-refractivity contribution in [2.24, 2.45) is 11.3 Å². The summed E-state index contributed by atoms with van der Waals surface area (Å²) < 4.78 is 0. The minimum absolute atomic E-state index is 0.0137. The monoisotopic (exact) mass is 331 g/mol. The maximum Gasteiger partial charge on any atom is 0.307 e. The Balaban J connectivity index is 1.45. The number of aliphatic carboxylic acids is 1. The minimum atomic E-state index is -0.665. The first-order valence-electron chi connectivity index (χ1n) is 8.32. The van der Waals surface area contributed by atoms with Gasteiger partial charge in [-0.1, -0.05) is 24.3 Å². The van der Waals surface area contributed by atoms with E-state index < -0.39 is 5.97 Å². The Kier molecular flexibility index (Phi) is 3.63. The van der Waals surface area contributed by atoms with Crippen LogP contribution in [0.25, 0.3) is 0 Å². The molecule has 5 heteroatoms.